The first-order chi connectivity index (χ1) is 10.3. The first kappa shape index (κ1) is 15.9. The van der Waals surface area contributed by atoms with E-state index in [1.807, 2.05) is 0 Å². The summed E-state index contributed by atoms with van der Waals surface area (Å²) in [6.07, 6.45) is 0. The molecule has 2 aromatic carbocycles. The summed E-state index contributed by atoms with van der Waals surface area (Å²) in [4.78, 5) is 13.0. The smallest absolute Gasteiger partial charge is 0.257 e. The maximum absolute atomic E-state index is 13.6. The first-order valence-corrected chi connectivity index (χ1v) is 6.14. The monoisotopic (exact) mass is 315 g/mol. The Balaban J connectivity index is 2.26. The van der Waals surface area contributed by atoms with E-state index in [2.05, 4.69) is 0 Å². The van der Waals surface area contributed by atoms with E-state index >= 15 is 0 Å². The normalized spacial score (nSPS) is 10.6. The number of carbonyl (C=O) groups is 1. The van der Waals surface area contributed by atoms with E-state index in [9.17, 15) is 26.7 Å². The maximum atomic E-state index is 13.6. The van der Waals surface area contributed by atoms with Crippen LogP contribution in [0.3, 0.4) is 0 Å². The van der Waals surface area contributed by atoms with Crippen molar-refractivity contribution >= 4 is 5.91 Å². The molecule has 0 saturated heterocycles. The van der Waals surface area contributed by atoms with Crippen LogP contribution in [-0.4, -0.2) is 17.9 Å². The molecule has 0 fully saturated rings. The van der Waals surface area contributed by atoms with E-state index in [-0.39, 0.29) is 6.54 Å². The van der Waals surface area contributed by atoms with Gasteiger partial charge in [0.15, 0.2) is 23.3 Å². The first-order valence-electron chi connectivity index (χ1n) is 6.14. The molecule has 7 heteroatoms. The number of amides is 1. The lowest BCUT2D eigenvalue weighted by atomic mass is 10.1. The highest BCUT2D eigenvalue weighted by molar-refractivity contribution is 5.94. The van der Waals surface area contributed by atoms with Crippen molar-refractivity contribution in [1.29, 1.82) is 0 Å². The number of carbonyl (C=O) groups excluding carboxylic acids is 1. The largest absolute Gasteiger partial charge is 0.337 e. The fraction of sp³-hybridized carbons (Fsp3) is 0.133. The Morgan fingerprint density at radius 2 is 1.55 bits per heavy atom. The van der Waals surface area contributed by atoms with Gasteiger partial charge in [0.2, 0.25) is 0 Å². The topological polar surface area (TPSA) is 20.3 Å². The molecule has 2 aromatic rings. The van der Waals surface area contributed by atoms with Crippen molar-refractivity contribution in [3.8, 4) is 0 Å². The van der Waals surface area contributed by atoms with E-state index in [0.29, 0.717) is 11.6 Å². The lowest BCUT2D eigenvalue weighted by molar-refractivity contribution is 0.0778. The van der Waals surface area contributed by atoms with Gasteiger partial charge in [-0.15, -0.1) is 0 Å². The summed E-state index contributed by atoms with van der Waals surface area (Å²) in [5, 5.41) is 0. The highest BCUT2D eigenvalue weighted by atomic mass is 19.2. The fourth-order valence-corrected chi connectivity index (χ4v) is 1.87. The molecule has 2 nitrogen and oxygen atoms in total. The quantitative estimate of drug-likeness (QED) is 0.481. The second kappa shape index (κ2) is 6.13. The van der Waals surface area contributed by atoms with Gasteiger partial charge in [-0.3, -0.25) is 4.79 Å². The van der Waals surface area contributed by atoms with Crippen LogP contribution in [0, 0.1) is 29.1 Å². The summed E-state index contributed by atoms with van der Waals surface area (Å²) in [7, 11) is 1.27. The van der Waals surface area contributed by atoms with Crippen LogP contribution >= 0.6 is 0 Å². The molecule has 0 aromatic heterocycles. The summed E-state index contributed by atoms with van der Waals surface area (Å²) in [6.45, 7) is -0.0425. The van der Waals surface area contributed by atoms with Crippen molar-refractivity contribution < 1.29 is 26.7 Å². The molecule has 0 spiro atoms. The third kappa shape index (κ3) is 3.08. The fourth-order valence-electron chi connectivity index (χ4n) is 1.87. The minimum Gasteiger partial charge on any atom is -0.337 e. The Bertz CT molecular complexity index is 715. The third-order valence-electron chi connectivity index (χ3n) is 3.01. The van der Waals surface area contributed by atoms with Gasteiger partial charge in [-0.25, -0.2) is 22.0 Å². The van der Waals surface area contributed by atoms with E-state index in [1.165, 1.54) is 31.3 Å². The van der Waals surface area contributed by atoms with Crippen molar-refractivity contribution in [3.05, 3.63) is 70.5 Å². The van der Waals surface area contributed by atoms with E-state index < -0.39 is 40.6 Å². The molecule has 116 valence electrons. The van der Waals surface area contributed by atoms with Crippen LogP contribution in [0.1, 0.15) is 15.9 Å². The summed E-state index contributed by atoms with van der Waals surface area (Å²) < 4.78 is 65.5. The summed E-state index contributed by atoms with van der Waals surface area (Å²) >= 11 is 0. The van der Waals surface area contributed by atoms with Crippen LogP contribution in [0.5, 0.6) is 0 Å². The van der Waals surface area contributed by atoms with Gasteiger partial charge in [-0.05, 0) is 23.8 Å². The van der Waals surface area contributed by atoms with E-state index in [1.54, 1.807) is 0 Å². The third-order valence-corrected chi connectivity index (χ3v) is 3.01. The Morgan fingerprint density at radius 3 is 2.14 bits per heavy atom. The van der Waals surface area contributed by atoms with Crippen molar-refractivity contribution in [2.45, 2.75) is 6.54 Å². The van der Waals surface area contributed by atoms with Crippen molar-refractivity contribution in [3.63, 3.8) is 0 Å². The predicted molar refractivity (Wildman–Crippen MR) is 68.5 cm³/mol. The van der Waals surface area contributed by atoms with Crippen molar-refractivity contribution in [2.75, 3.05) is 7.05 Å². The van der Waals surface area contributed by atoms with Gasteiger partial charge < -0.3 is 4.90 Å². The summed E-state index contributed by atoms with van der Waals surface area (Å²) in [5.74, 6) is -8.92. The molecule has 0 unspecified atom stereocenters. The molecule has 0 atom stereocenters. The molecule has 0 aliphatic carbocycles. The SMILES string of the molecule is CN(Cc1ccc(F)cc1)C(=O)c1cc(F)c(F)c(F)c1F. The molecule has 0 saturated carbocycles. The van der Waals surface area contributed by atoms with Crippen LogP contribution < -0.4 is 0 Å². The number of benzene rings is 2. The van der Waals surface area contributed by atoms with Crippen LogP contribution in [0.2, 0.25) is 0 Å². The molecular formula is C15H10F5NO. The average molecular weight is 315 g/mol. The van der Waals surface area contributed by atoms with Crippen LogP contribution in [0.4, 0.5) is 22.0 Å². The predicted octanol–water partition coefficient (Wildman–Crippen LogP) is 3.65. The number of rotatable bonds is 3. The van der Waals surface area contributed by atoms with Crippen LogP contribution in [0.25, 0.3) is 0 Å². The Kier molecular flexibility index (Phi) is 4.44. The van der Waals surface area contributed by atoms with Gasteiger partial charge >= 0.3 is 0 Å². The highest BCUT2D eigenvalue weighted by Crippen LogP contribution is 2.20. The number of halogens is 5. The molecule has 0 radical (unpaired) electrons. The van der Waals surface area contributed by atoms with Gasteiger partial charge in [0.05, 0.1) is 5.56 Å². The molecule has 0 aliphatic heterocycles. The number of hydrogen-bond acceptors (Lipinski definition) is 1. The minimum absolute atomic E-state index is 0.0425. The molecule has 0 bridgehead atoms. The number of hydrogen-bond donors (Lipinski definition) is 0. The second-order valence-corrected chi connectivity index (χ2v) is 4.64. The van der Waals surface area contributed by atoms with Crippen molar-refractivity contribution in [1.82, 2.24) is 4.90 Å². The molecule has 0 heterocycles. The summed E-state index contributed by atoms with van der Waals surface area (Å²) in [5.41, 5.74) is -0.387. The molecule has 1 amide bonds. The Labute approximate surface area is 122 Å². The van der Waals surface area contributed by atoms with Crippen LogP contribution in [0.15, 0.2) is 30.3 Å². The van der Waals surface area contributed by atoms with Crippen molar-refractivity contribution in [2.24, 2.45) is 0 Å². The second-order valence-electron chi connectivity index (χ2n) is 4.64. The van der Waals surface area contributed by atoms with Gasteiger partial charge in [-0.2, -0.15) is 0 Å². The maximum Gasteiger partial charge on any atom is 0.257 e. The lowest BCUT2D eigenvalue weighted by Crippen LogP contribution is -2.27. The van der Waals surface area contributed by atoms with Crippen LogP contribution in [-0.2, 0) is 6.54 Å². The number of nitrogens with zero attached hydrogens (tertiary/aromatic N) is 1. The molecule has 2 rings (SSSR count). The van der Waals surface area contributed by atoms with Gasteiger partial charge in [0.25, 0.3) is 5.91 Å². The zero-order valence-corrected chi connectivity index (χ0v) is 11.3. The van der Waals surface area contributed by atoms with E-state index in [0.717, 1.165) is 4.90 Å². The minimum atomic E-state index is -2.04. The molecule has 0 aliphatic rings. The van der Waals surface area contributed by atoms with Gasteiger partial charge in [-0.1, -0.05) is 12.1 Å². The molecule has 0 N–H and O–H groups in total. The standard InChI is InChI=1S/C15H10F5NO/c1-21(7-8-2-4-9(16)5-3-8)15(22)10-6-11(17)13(19)14(20)12(10)18/h2-6H,7H2,1H3. The zero-order chi connectivity index (χ0) is 16.4. The lowest BCUT2D eigenvalue weighted by Gasteiger charge is -2.18. The Hall–Kier alpha value is -2.44. The molecular weight excluding hydrogens is 305 g/mol. The Morgan fingerprint density at radius 1 is 0.955 bits per heavy atom. The molecule has 22 heavy (non-hydrogen) atoms. The van der Waals surface area contributed by atoms with E-state index in [4.69, 9.17) is 0 Å². The summed E-state index contributed by atoms with van der Waals surface area (Å²) in [6, 6.07) is 5.46. The van der Waals surface area contributed by atoms with Gasteiger partial charge in [0, 0.05) is 13.6 Å². The zero-order valence-electron chi connectivity index (χ0n) is 11.3. The highest BCUT2D eigenvalue weighted by Gasteiger charge is 2.24. The van der Waals surface area contributed by atoms with Gasteiger partial charge in [0.1, 0.15) is 5.82 Å². The average Bonchev–Trinajstić information content (AvgIpc) is 2.50.